The van der Waals surface area contributed by atoms with Crippen molar-refractivity contribution < 1.29 is 4.74 Å². The minimum atomic E-state index is 0.564. The van der Waals surface area contributed by atoms with Gasteiger partial charge in [-0.15, -0.1) is 5.10 Å². The highest BCUT2D eigenvalue weighted by Gasteiger charge is 2.14. The second-order valence-electron chi connectivity index (χ2n) is 6.22. The van der Waals surface area contributed by atoms with Crippen molar-refractivity contribution in [2.75, 3.05) is 7.11 Å². The smallest absolute Gasteiger partial charge is 0.222 e. The third-order valence-electron chi connectivity index (χ3n) is 4.52. The molecule has 7 nitrogen and oxygen atoms in total. The Morgan fingerprint density at radius 1 is 1.04 bits per heavy atom. The van der Waals surface area contributed by atoms with Crippen LogP contribution in [-0.2, 0) is 6.67 Å². The average Bonchev–Trinajstić information content (AvgIpc) is 3.32. The molecule has 5 rings (SSSR count). The normalized spacial score (nSPS) is 11.3. The first-order chi connectivity index (χ1) is 13.3. The van der Waals surface area contributed by atoms with Crippen molar-refractivity contribution in [1.82, 2.24) is 29.5 Å². The molecule has 0 saturated heterocycles. The summed E-state index contributed by atoms with van der Waals surface area (Å²) < 4.78 is 9.27. The van der Waals surface area contributed by atoms with E-state index in [2.05, 4.69) is 15.3 Å². The summed E-state index contributed by atoms with van der Waals surface area (Å²) in [5.41, 5.74) is 5.58. The molecule has 0 fully saturated rings. The first-order valence-electron chi connectivity index (χ1n) is 8.56. The molecule has 7 heteroatoms. The predicted molar refractivity (Wildman–Crippen MR) is 102 cm³/mol. The number of benzene rings is 1. The van der Waals surface area contributed by atoms with Crippen LogP contribution < -0.4 is 4.74 Å². The third kappa shape index (κ3) is 2.69. The fourth-order valence-corrected chi connectivity index (χ4v) is 3.21. The number of ether oxygens (including phenoxy) is 1. The van der Waals surface area contributed by atoms with Gasteiger partial charge < -0.3 is 9.30 Å². The highest BCUT2D eigenvalue weighted by molar-refractivity contribution is 5.75. The fraction of sp³-hybridized carbons (Fsp3) is 0.100. The van der Waals surface area contributed by atoms with Crippen molar-refractivity contribution in [2.45, 2.75) is 6.67 Å². The molecule has 0 N–H and O–H groups in total. The van der Waals surface area contributed by atoms with E-state index in [-0.39, 0.29) is 0 Å². The van der Waals surface area contributed by atoms with E-state index in [9.17, 15) is 0 Å². The van der Waals surface area contributed by atoms with Crippen LogP contribution in [0.5, 0.6) is 5.88 Å². The van der Waals surface area contributed by atoms with Crippen LogP contribution in [0.1, 0.15) is 0 Å². The minimum Gasteiger partial charge on any atom is -0.481 e. The van der Waals surface area contributed by atoms with Crippen LogP contribution in [0.3, 0.4) is 0 Å². The van der Waals surface area contributed by atoms with E-state index in [0.29, 0.717) is 12.5 Å². The largest absolute Gasteiger partial charge is 0.481 e. The van der Waals surface area contributed by atoms with Gasteiger partial charge in [-0.2, -0.15) is 0 Å². The Kier molecular flexibility index (Phi) is 3.57. The SMILES string of the molecule is COc1ncccc1-c1cc2ccn(Cn3nnc4ccccc43)cc-2n1. The Labute approximate surface area is 155 Å². The van der Waals surface area contributed by atoms with Gasteiger partial charge >= 0.3 is 0 Å². The van der Waals surface area contributed by atoms with Crippen molar-refractivity contribution in [3.63, 3.8) is 0 Å². The minimum absolute atomic E-state index is 0.564. The predicted octanol–water partition coefficient (Wildman–Crippen LogP) is 3.31. The molecular weight excluding hydrogens is 340 g/mol. The van der Waals surface area contributed by atoms with Gasteiger partial charge in [-0.1, -0.05) is 17.3 Å². The Morgan fingerprint density at radius 2 is 1.96 bits per heavy atom. The molecule has 2 aromatic heterocycles. The summed E-state index contributed by atoms with van der Waals surface area (Å²) in [5, 5.41) is 8.45. The number of methoxy groups -OCH3 is 1. The molecule has 0 aliphatic carbocycles. The molecule has 27 heavy (non-hydrogen) atoms. The standard InChI is InChI=1S/C20H16N6O/c1-27-20-15(5-4-9-21-20)17-11-14-8-10-25(12-18(14)22-17)13-26-19-7-3-2-6-16(19)23-24-26/h2-12H,13H2,1H3. The summed E-state index contributed by atoms with van der Waals surface area (Å²) in [4.78, 5) is 9.01. The second kappa shape index (κ2) is 6.21. The molecule has 3 aromatic rings. The van der Waals surface area contributed by atoms with Gasteiger partial charge in [0, 0.05) is 24.2 Å². The van der Waals surface area contributed by atoms with E-state index in [4.69, 9.17) is 9.72 Å². The second-order valence-corrected chi connectivity index (χ2v) is 6.22. The zero-order valence-corrected chi connectivity index (χ0v) is 14.6. The van der Waals surface area contributed by atoms with Crippen LogP contribution in [-0.4, -0.2) is 36.6 Å². The lowest BCUT2D eigenvalue weighted by atomic mass is 10.1. The van der Waals surface area contributed by atoms with Crippen molar-refractivity contribution in [3.05, 3.63) is 67.1 Å². The van der Waals surface area contributed by atoms with Gasteiger partial charge in [-0.3, -0.25) is 0 Å². The van der Waals surface area contributed by atoms with Crippen molar-refractivity contribution in [3.8, 4) is 28.4 Å². The number of pyridine rings is 2. The number of aromatic nitrogens is 6. The van der Waals surface area contributed by atoms with Crippen molar-refractivity contribution in [1.29, 1.82) is 0 Å². The van der Waals surface area contributed by atoms with Gasteiger partial charge in [0.1, 0.15) is 12.2 Å². The molecule has 1 aromatic carbocycles. The molecule has 132 valence electrons. The average molecular weight is 356 g/mol. The number of fused-ring (bicyclic) bond motifs is 2. The highest BCUT2D eigenvalue weighted by atomic mass is 16.5. The van der Waals surface area contributed by atoms with Gasteiger partial charge in [0.15, 0.2) is 0 Å². The summed E-state index contributed by atoms with van der Waals surface area (Å²) in [5.74, 6) is 0.572. The van der Waals surface area contributed by atoms with Gasteiger partial charge in [-0.05, 0) is 36.4 Å². The zero-order valence-electron chi connectivity index (χ0n) is 14.6. The molecule has 2 aliphatic rings. The number of rotatable bonds is 4. The maximum atomic E-state index is 5.36. The first kappa shape index (κ1) is 15.5. The fourth-order valence-electron chi connectivity index (χ4n) is 3.21. The van der Waals surface area contributed by atoms with Crippen molar-refractivity contribution >= 4 is 11.0 Å². The Balaban J connectivity index is 1.52. The van der Waals surface area contributed by atoms with E-state index >= 15 is 0 Å². The Bertz CT molecular complexity index is 1210. The summed E-state index contributed by atoms with van der Waals surface area (Å²) in [6, 6.07) is 15.9. The molecule has 0 unspecified atom stereocenters. The molecule has 0 atom stereocenters. The van der Waals surface area contributed by atoms with Crippen LogP contribution in [0.4, 0.5) is 0 Å². The molecule has 0 bridgehead atoms. The molecule has 0 saturated carbocycles. The van der Waals surface area contributed by atoms with E-state index < -0.39 is 0 Å². The Morgan fingerprint density at radius 3 is 2.89 bits per heavy atom. The van der Waals surface area contributed by atoms with Gasteiger partial charge in [0.2, 0.25) is 5.88 Å². The lowest BCUT2D eigenvalue weighted by Crippen LogP contribution is -2.09. The summed E-state index contributed by atoms with van der Waals surface area (Å²) >= 11 is 0. The zero-order chi connectivity index (χ0) is 18.2. The van der Waals surface area contributed by atoms with E-state index in [1.807, 2.05) is 70.2 Å². The molecule has 2 aliphatic heterocycles. The van der Waals surface area contributed by atoms with Gasteiger partial charge in [-0.25, -0.2) is 14.6 Å². The summed E-state index contributed by atoms with van der Waals surface area (Å²) in [7, 11) is 1.62. The molecule has 0 radical (unpaired) electrons. The van der Waals surface area contributed by atoms with Crippen LogP contribution in [0.15, 0.2) is 67.1 Å². The summed E-state index contributed by atoms with van der Waals surface area (Å²) in [6.45, 7) is 0.564. The van der Waals surface area contributed by atoms with E-state index in [0.717, 1.165) is 33.5 Å². The highest BCUT2D eigenvalue weighted by Crippen LogP contribution is 2.32. The maximum absolute atomic E-state index is 5.36. The Hall–Kier alpha value is -3.74. The first-order valence-corrected chi connectivity index (χ1v) is 8.56. The van der Waals surface area contributed by atoms with Crippen LogP contribution in [0.2, 0.25) is 0 Å². The van der Waals surface area contributed by atoms with E-state index in [1.165, 1.54) is 0 Å². The summed E-state index contributed by atoms with van der Waals surface area (Å²) in [6.07, 6.45) is 5.74. The third-order valence-corrected chi connectivity index (χ3v) is 4.52. The quantitative estimate of drug-likeness (QED) is 0.494. The number of hydrogen-bond acceptors (Lipinski definition) is 5. The monoisotopic (exact) mass is 356 g/mol. The number of hydrogen-bond donors (Lipinski definition) is 0. The van der Waals surface area contributed by atoms with Crippen LogP contribution in [0, 0.1) is 0 Å². The van der Waals surface area contributed by atoms with Gasteiger partial charge in [0.05, 0.1) is 29.6 Å². The maximum Gasteiger partial charge on any atom is 0.222 e. The molecular formula is C20H16N6O. The topological polar surface area (TPSA) is 70.7 Å². The molecule has 4 heterocycles. The van der Waals surface area contributed by atoms with Crippen molar-refractivity contribution in [2.24, 2.45) is 0 Å². The lowest BCUT2D eigenvalue weighted by Gasteiger charge is -2.08. The molecule has 0 amide bonds. The van der Waals surface area contributed by atoms with Crippen LogP contribution >= 0.6 is 0 Å². The molecule has 0 spiro atoms. The van der Waals surface area contributed by atoms with E-state index in [1.54, 1.807) is 13.3 Å². The van der Waals surface area contributed by atoms with Gasteiger partial charge in [0.25, 0.3) is 0 Å². The van der Waals surface area contributed by atoms with Crippen LogP contribution in [0.25, 0.3) is 33.5 Å². The lowest BCUT2D eigenvalue weighted by molar-refractivity contribution is 0.399. The number of nitrogens with zero attached hydrogens (tertiary/aromatic N) is 6. The number of para-hydroxylation sites is 1.